The van der Waals surface area contributed by atoms with E-state index in [2.05, 4.69) is 0 Å². The van der Waals surface area contributed by atoms with Crippen LogP contribution in [0.15, 0.2) is 23.7 Å². The van der Waals surface area contributed by atoms with E-state index in [0.717, 1.165) is 18.6 Å². The third-order valence-corrected chi connectivity index (χ3v) is 1.64. The molecule has 1 fully saturated rings. The predicted octanol–water partition coefficient (Wildman–Crippen LogP) is 1.12. The van der Waals surface area contributed by atoms with Gasteiger partial charge in [-0.25, -0.2) is 4.79 Å². The number of fused-ring (bicyclic) bond motifs is 1. The van der Waals surface area contributed by atoms with E-state index in [-0.39, 0.29) is 12.6 Å². The Morgan fingerprint density at radius 1 is 1.18 bits per heavy atom. The first-order valence-corrected chi connectivity index (χ1v) is 3.60. The topological polar surface area (TPSA) is 35.5 Å². The van der Waals surface area contributed by atoms with Gasteiger partial charge in [0, 0.05) is 0 Å². The van der Waals surface area contributed by atoms with Gasteiger partial charge in [0.2, 0.25) is 0 Å². The maximum Gasteiger partial charge on any atom is 0.349 e. The van der Waals surface area contributed by atoms with Crippen LogP contribution in [0.5, 0.6) is 0 Å². The van der Waals surface area contributed by atoms with Gasteiger partial charge in [0.1, 0.15) is 0 Å². The molecule has 3 nitrogen and oxygen atoms in total. The number of allylic oxidation sites excluding steroid dienone is 2. The molecule has 1 saturated heterocycles. The first-order valence-electron chi connectivity index (χ1n) is 3.60. The Balaban J connectivity index is 2.22. The maximum absolute atomic E-state index is 10.7. The van der Waals surface area contributed by atoms with Crippen molar-refractivity contribution in [2.75, 3.05) is 6.61 Å². The third kappa shape index (κ3) is 1.13. The molecule has 0 aromatic carbocycles. The number of carbonyl (C=O) groups excluding carboxylic acids is 1. The van der Waals surface area contributed by atoms with Gasteiger partial charge in [0.25, 0.3) is 0 Å². The number of rotatable bonds is 0. The minimum atomic E-state index is -0.310. The van der Waals surface area contributed by atoms with Crippen LogP contribution in [-0.2, 0) is 14.3 Å². The Kier molecular flexibility index (Phi) is 1.42. The summed E-state index contributed by atoms with van der Waals surface area (Å²) < 4.78 is 10.0. The molecule has 0 spiro atoms. The minimum absolute atomic E-state index is 0.0448. The molecule has 0 N–H and O–H groups in total. The zero-order chi connectivity index (χ0) is 7.68. The Hall–Kier alpha value is -1.25. The summed E-state index contributed by atoms with van der Waals surface area (Å²) in [6, 6.07) is 0. The fourth-order valence-electron chi connectivity index (χ4n) is 1.14. The lowest BCUT2D eigenvalue weighted by Gasteiger charge is -2.20. The normalized spacial score (nSPS) is 22.4. The minimum Gasteiger partial charge on any atom is -0.478 e. The molecule has 0 amide bonds. The molecule has 0 unspecified atom stereocenters. The lowest BCUT2D eigenvalue weighted by atomic mass is 10.1. The van der Waals surface area contributed by atoms with Crippen LogP contribution in [0.3, 0.4) is 0 Å². The van der Waals surface area contributed by atoms with Crippen molar-refractivity contribution >= 4 is 5.97 Å². The second kappa shape index (κ2) is 2.42. The van der Waals surface area contributed by atoms with Gasteiger partial charge in [-0.05, 0) is 25.0 Å². The summed E-state index contributed by atoms with van der Waals surface area (Å²) in [7, 11) is 0. The van der Waals surface area contributed by atoms with Gasteiger partial charge in [-0.3, -0.25) is 0 Å². The van der Waals surface area contributed by atoms with Crippen LogP contribution in [0.4, 0.5) is 0 Å². The quantitative estimate of drug-likeness (QED) is 0.488. The summed E-state index contributed by atoms with van der Waals surface area (Å²) in [6.45, 7) is 0.0448. The van der Waals surface area contributed by atoms with Crippen molar-refractivity contribution in [2.24, 2.45) is 0 Å². The molecular formula is C8H8O3. The number of ether oxygens (including phenoxy) is 2. The molecular weight excluding hydrogens is 144 g/mol. The van der Waals surface area contributed by atoms with Crippen molar-refractivity contribution in [3.63, 3.8) is 0 Å². The van der Waals surface area contributed by atoms with Gasteiger partial charge in [-0.1, -0.05) is 0 Å². The Bertz CT molecular complexity index is 250. The zero-order valence-electron chi connectivity index (χ0n) is 6.00. The van der Waals surface area contributed by atoms with Crippen molar-refractivity contribution in [3.05, 3.63) is 23.7 Å². The van der Waals surface area contributed by atoms with Gasteiger partial charge >= 0.3 is 5.97 Å². The van der Waals surface area contributed by atoms with Crippen LogP contribution < -0.4 is 0 Å². The average Bonchev–Trinajstić information content (AvgIpc) is 2.04. The summed E-state index contributed by atoms with van der Waals surface area (Å²) in [5.74, 6) is 0.999. The van der Waals surface area contributed by atoms with Crippen LogP contribution in [0.1, 0.15) is 12.8 Å². The average molecular weight is 152 g/mol. The van der Waals surface area contributed by atoms with Crippen molar-refractivity contribution in [1.29, 1.82) is 0 Å². The summed E-state index contributed by atoms with van der Waals surface area (Å²) in [6.07, 6.45) is 5.72. The molecule has 0 bridgehead atoms. The highest BCUT2D eigenvalue weighted by molar-refractivity contribution is 5.74. The predicted molar refractivity (Wildman–Crippen MR) is 37.4 cm³/mol. The Morgan fingerprint density at radius 2 is 1.91 bits per heavy atom. The second-order valence-corrected chi connectivity index (χ2v) is 2.48. The lowest BCUT2D eigenvalue weighted by Crippen LogP contribution is -2.21. The van der Waals surface area contributed by atoms with Gasteiger partial charge in [-0.2, -0.15) is 0 Å². The lowest BCUT2D eigenvalue weighted by molar-refractivity contribution is -0.147. The van der Waals surface area contributed by atoms with Crippen LogP contribution in [-0.4, -0.2) is 12.6 Å². The highest BCUT2D eigenvalue weighted by atomic mass is 16.6. The van der Waals surface area contributed by atoms with E-state index in [9.17, 15) is 4.79 Å². The zero-order valence-corrected chi connectivity index (χ0v) is 6.00. The fraction of sp³-hybridized carbons (Fsp3) is 0.375. The third-order valence-electron chi connectivity index (χ3n) is 1.64. The van der Waals surface area contributed by atoms with Crippen molar-refractivity contribution < 1.29 is 14.3 Å². The molecule has 1 aliphatic heterocycles. The van der Waals surface area contributed by atoms with E-state index < -0.39 is 0 Å². The van der Waals surface area contributed by atoms with E-state index in [1.165, 1.54) is 0 Å². The van der Waals surface area contributed by atoms with Gasteiger partial charge in [0.05, 0.1) is 0 Å². The number of esters is 1. The Labute approximate surface area is 64.3 Å². The molecule has 0 atom stereocenters. The summed E-state index contributed by atoms with van der Waals surface area (Å²) >= 11 is 0. The first-order chi connectivity index (χ1) is 5.36. The molecule has 0 radical (unpaired) electrons. The number of carbonyl (C=O) groups is 1. The molecule has 11 heavy (non-hydrogen) atoms. The summed E-state index contributed by atoms with van der Waals surface area (Å²) in [5.41, 5.74) is 0. The van der Waals surface area contributed by atoms with E-state index >= 15 is 0 Å². The molecule has 3 heteroatoms. The van der Waals surface area contributed by atoms with Crippen LogP contribution >= 0.6 is 0 Å². The van der Waals surface area contributed by atoms with E-state index in [0.29, 0.717) is 5.76 Å². The monoisotopic (exact) mass is 152 g/mol. The smallest absolute Gasteiger partial charge is 0.349 e. The fourth-order valence-corrected chi connectivity index (χ4v) is 1.14. The van der Waals surface area contributed by atoms with Crippen LogP contribution in [0, 0.1) is 0 Å². The molecule has 2 rings (SSSR count). The van der Waals surface area contributed by atoms with Gasteiger partial charge in [-0.15, -0.1) is 0 Å². The number of hydrogen-bond acceptors (Lipinski definition) is 3. The highest BCUT2D eigenvalue weighted by Crippen LogP contribution is 2.24. The van der Waals surface area contributed by atoms with Crippen molar-refractivity contribution in [1.82, 2.24) is 0 Å². The van der Waals surface area contributed by atoms with Crippen molar-refractivity contribution in [3.8, 4) is 0 Å². The highest BCUT2D eigenvalue weighted by Gasteiger charge is 2.21. The van der Waals surface area contributed by atoms with Gasteiger partial charge < -0.3 is 9.47 Å². The maximum atomic E-state index is 10.7. The Morgan fingerprint density at radius 3 is 2.73 bits per heavy atom. The van der Waals surface area contributed by atoms with E-state index in [1.54, 1.807) is 0 Å². The molecule has 0 aromatic heterocycles. The molecule has 58 valence electrons. The summed E-state index contributed by atoms with van der Waals surface area (Å²) in [4.78, 5) is 10.7. The number of hydrogen-bond donors (Lipinski definition) is 0. The van der Waals surface area contributed by atoms with Gasteiger partial charge in [0.15, 0.2) is 18.1 Å². The SMILES string of the molecule is O=C1COC2=CCCC=C2O1. The van der Waals surface area contributed by atoms with Crippen molar-refractivity contribution in [2.45, 2.75) is 12.8 Å². The molecule has 1 heterocycles. The van der Waals surface area contributed by atoms with E-state index in [4.69, 9.17) is 9.47 Å². The van der Waals surface area contributed by atoms with Crippen LogP contribution in [0.25, 0.3) is 0 Å². The second-order valence-electron chi connectivity index (χ2n) is 2.48. The summed E-state index contributed by atoms with van der Waals surface area (Å²) in [5, 5.41) is 0. The molecule has 2 aliphatic rings. The van der Waals surface area contributed by atoms with E-state index in [1.807, 2.05) is 12.2 Å². The first kappa shape index (κ1) is 6.46. The van der Waals surface area contributed by atoms with Crippen LogP contribution in [0.2, 0.25) is 0 Å². The molecule has 0 saturated carbocycles. The largest absolute Gasteiger partial charge is 0.478 e. The standard InChI is InChI=1S/C8H8O3/c9-8-5-10-6-3-1-2-4-7(6)11-8/h3-4H,1-2,5H2. The molecule has 0 aromatic rings. The molecule has 1 aliphatic carbocycles.